The van der Waals surface area contributed by atoms with Crippen molar-refractivity contribution in [2.75, 3.05) is 69.7 Å². The Balaban J connectivity index is 1.54. The Labute approximate surface area is 251 Å². The Morgan fingerprint density at radius 3 is 2.42 bits per heavy atom. The summed E-state index contributed by atoms with van der Waals surface area (Å²) >= 11 is 0. The van der Waals surface area contributed by atoms with Gasteiger partial charge in [0.15, 0.2) is 5.82 Å². The van der Waals surface area contributed by atoms with Crippen molar-refractivity contribution >= 4 is 22.9 Å². The van der Waals surface area contributed by atoms with Crippen LogP contribution in [0.25, 0.3) is 17.0 Å². The lowest BCUT2D eigenvalue weighted by Crippen LogP contribution is -2.44. The highest BCUT2D eigenvalue weighted by atomic mass is 19.3. The Morgan fingerprint density at radius 1 is 1.05 bits per heavy atom. The van der Waals surface area contributed by atoms with Gasteiger partial charge < -0.3 is 24.8 Å². The van der Waals surface area contributed by atoms with Gasteiger partial charge in [-0.2, -0.15) is 15.0 Å². The zero-order valence-electron chi connectivity index (χ0n) is 25.2. The van der Waals surface area contributed by atoms with Crippen molar-refractivity contribution in [1.29, 1.82) is 0 Å². The highest BCUT2D eigenvalue weighted by molar-refractivity contribution is 5.77. The molecule has 2 aromatic heterocycles. The number of terminal acetylenes is 1. The number of hydrogen-bond acceptors (Lipinski definition) is 9. The number of morpholine rings is 1. The van der Waals surface area contributed by atoms with E-state index in [0.717, 1.165) is 37.4 Å². The molecule has 0 atom stereocenters. The van der Waals surface area contributed by atoms with Gasteiger partial charge in [-0.25, -0.2) is 13.8 Å². The number of benzene rings is 1. The van der Waals surface area contributed by atoms with Crippen LogP contribution < -0.4 is 10.2 Å². The number of ether oxygens (including phenoxy) is 1. The van der Waals surface area contributed by atoms with E-state index in [1.54, 1.807) is 24.3 Å². The van der Waals surface area contributed by atoms with Crippen LogP contribution in [0.4, 0.5) is 20.7 Å². The second-order valence-electron chi connectivity index (χ2n) is 11.4. The van der Waals surface area contributed by atoms with E-state index in [-0.39, 0.29) is 11.9 Å². The Hall–Kier alpha value is -4.08. The largest absolute Gasteiger partial charge is 0.378 e. The topological polar surface area (TPSA) is 87.5 Å². The van der Waals surface area contributed by atoms with Gasteiger partial charge in [0.2, 0.25) is 17.8 Å². The maximum Gasteiger partial charge on any atom is 0.296 e. The summed E-state index contributed by atoms with van der Waals surface area (Å²) in [6.07, 6.45) is 7.87. The third-order valence-electron chi connectivity index (χ3n) is 7.60. The van der Waals surface area contributed by atoms with Crippen molar-refractivity contribution in [1.82, 2.24) is 34.3 Å². The Kier molecular flexibility index (Phi) is 9.22. The molecule has 12 heteroatoms. The molecule has 0 aliphatic carbocycles. The summed E-state index contributed by atoms with van der Waals surface area (Å²) in [5.41, 5.74) is 2.26. The fraction of sp³-hybridized carbons (Fsp3) is 0.484. The molecular weight excluding hydrogens is 552 g/mol. The van der Waals surface area contributed by atoms with E-state index in [1.807, 2.05) is 31.7 Å². The number of para-hydroxylation sites is 2. The zero-order valence-corrected chi connectivity index (χ0v) is 25.2. The van der Waals surface area contributed by atoms with E-state index in [9.17, 15) is 8.78 Å². The van der Waals surface area contributed by atoms with E-state index < -0.39 is 17.8 Å². The average molecular weight is 592 g/mol. The number of anilines is 2. The second-order valence-corrected chi connectivity index (χ2v) is 11.4. The van der Waals surface area contributed by atoms with Gasteiger partial charge in [-0.05, 0) is 51.9 Å². The number of allylic oxidation sites excluding steroid dienone is 3. The number of hydrogen-bond donors (Lipinski definition) is 1. The Morgan fingerprint density at radius 2 is 1.74 bits per heavy atom. The lowest BCUT2D eigenvalue weighted by atomic mass is 9.92. The van der Waals surface area contributed by atoms with E-state index in [2.05, 4.69) is 49.1 Å². The molecule has 0 unspecified atom stereocenters. The summed E-state index contributed by atoms with van der Waals surface area (Å²) in [5.74, 6) is 3.25. The van der Waals surface area contributed by atoms with E-state index in [4.69, 9.17) is 16.1 Å². The van der Waals surface area contributed by atoms with Crippen molar-refractivity contribution in [3.8, 4) is 18.3 Å². The molecule has 3 aromatic rings. The number of fused-ring (bicyclic) bond motifs is 1. The standard InChI is InChI=1S/C31H39F2N9O/c1-6-10-22(24(7-2)40-15-13-39(5)14-16-40)21-31(3,4)38-28-35-29(41-17-19-43-20-18-41)37-30(36-28)42-25-12-9-8-11-23(25)34-27(42)26(32)33/h2,6,8-12,26H,13-21H2,1,3-5H3,(H,35,36,37,38)/b10-6-,24-22-. The van der Waals surface area contributed by atoms with E-state index in [1.165, 1.54) is 4.57 Å². The summed E-state index contributed by atoms with van der Waals surface area (Å²) in [7, 11) is 2.11. The van der Waals surface area contributed by atoms with E-state index in [0.29, 0.717) is 49.7 Å². The number of piperazine rings is 1. The fourth-order valence-electron chi connectivity index (χ4n) is 5.48. The molecule has 0 amide bonds. The third-order valence-corrected chi connectivity index (χ3v) is 7.60. The third kappa shape index (κ3) is 6.95. The minimum atomic E-state index is -2.82. The van der Waals surface area contributed by atoms with Gasteiger partial charge in [-0.1, -0.05) is 30.2 Å². The first-order valence-electron chi connectivity index (χ1n) is 14.6. The molecule has 0 spiro atoms. The number of alkyl halides is 2. The lowest BCUT2D eigenvalue weighted by molar-refractivity contribution is 0.122. The zero-order chi connectivity index (χ0) is 30.6. The van der Waals surface area contributed by atoms with Crippen LogP contribution in [0, 0.1) is 12.3 Å². The van der Waals surface area contributed by atoms with Gasteiger partial charge in [0.05, 0.1) is 29.9 Å². The molecule has 1 N–H and O–H groups in total. The lowest BCUT2D eigenvalue weighted by Gasteiger charge is -2.36. The van der Waals surface area contributed by atoms with Gasteiger partial charge >= 0.3 is 0 Å². The number of likely N-dealkylation sites (N-methyl/N-ethyl adjacent to an activating group) is 1. The number of imidazole rings is 1. The molecule has 0 bridgehead atoms. The smallest absolute Gasteiger partial charge is 0.296 e. The number of halogens is 2. The first kappa shape index (κ1) is 30.4. The number of rotatable bonds is 9. The number of nitrogens with one attached hydrogen (secondary N) is 1. The van der Waals surface area contributed by atoms with Crippen LogP contribution in [0.1, 0.15) is 39.4 Å². The van der Waals surface area contributed by atoms with Crippen LogP contribution in [-0.2, 0) is 4.74 Å². The van der Waals surface area contributed by atoms with Gasteiger partial charge in [-0.3, -0.25) is 4.57 Å². The Bertz CT molecular complexity index is 1530. The highest BCUT2D eigenvalue weighted by Gasteiger charge is 2.28. The maximum absolute atomic E-state index is 14.2. The van der Waals surface area contributed by atoms with Crippen molar-refractivity contribution in [3.05, 3.63) is 53.5 Å². The molecule has 10 nitrogen and oxygen atoms in total. The first-order valence-corrected chi connectivity index (χ1v) is 14.6. The fourth-order valence-corrected chi connectivity index (χ4v) is 5.48. The molecule has 2 saturated heterocycles. The van der Waals surface area contributed by atoms with Crippen molar-refractivity contribution in [3.63, 3.8) is 0 Å². The van der Waals surface area contributed by atoms with Crippen LogP contribution in [0.5, 0.6) is 0 Å². The van der Waals surface area contributed by atoms with Gasteiger partial charge in [-0.15, -0.1) is 6.42 Å². The van der Waals surface area contributed by atoms with Crippen LogP contribution in [0.3, 0.4) is 0 Å². The van der Waals surface area contributed by atoms with Crippen LogP contribution in [0.15, 0.2) is 47.7 Å². The summed E-state index contributed by atoms with van der Waals surface area (Å²) in [4.78, 5) is 24.8. The van der Waals surface area contributed by atoms with E-state index >= 15 is 0 Å². The van der Waals surface area contributed by atoms with Gasteiger partial charge in [0.1, 0.15) is 0 Å². The molecule has 2 aliphatic heterocycles. The maximum atomic E-state index is 14.2. The highest BCUT2D eigenvalue weighted by Crippen LogP contribution is 2.30. The second kappa shape index (κ2) is 13.1. The monoisotopic (exact) mass is 591 g/mol. The minimum Gasteiger partial charge on any atom is -0.378 e. The summed E-state index contributed by atoms with van der Waals surface area (Å²) in [5, 5.41) is 3.47. The molecule has 228 valence electrons. The predicted octanol–water partition coefficient (Wildman–Crippen LogP) is 4.28. The van der Waals surface area contributed by atoms with Gasteiger partial charge in [0, 0.05) is 44.8 Å². The summed E-state index contributed by atoms with van der Waals surface area (Å²) in [6.45, 7) is 11.8. The van der Waals surface area contributed by atoms with Crippen molar-refractivity contribution in [2.45, 2.75) is 39.2 Å². The first-order chi connectivity index (χ1) is 20.7. The molecule has 43 heavy (non-hydrogen) atoms. The summed E-state index contributed by atoms with van der Waals surface area (Å²) < 4.78 is 35.3. The molecule has 0 radical (unpaired) electrons. The van der Waals surface area contributed by atoms with Crippen molar-refractivity contribution < 1.29 is 13.5 Å². The predicted molar refractivity (Wildman–Crippen MR) is 165 cm³/mol. The van der Waals surface area contributed by atoms with Crippen LogP contribution in [-0.4, -0.2) is 99.4 Å². The van der Waals surface area contributed by atoms with Crippen LogP contribution >= 0.6 is 0 Å². The van der Waals surface area contributed by atoms with Crippen LogP contribution in [0.2, 0.25) is 0 Å². The normalized spacial score (nSPS) is 17.5. The number of aromatic nitrogens is 5. The average Bonchev–Trinajstić information content (AvgIpc) is 3.39. The molecule has 2 fully saturated rings. The number of nitrogens with zero attached hydrogens (tertiary/aromatic N) is 8. The molecular formula is C31H39F2N9O. The van der Waals surface area contributed by atoms with Crippen molar-refractivity contribution in [2.24, 2.45) is 0 Å². The molecule has 2 aliphatic rings. The van der Waals surface area contributed by atoms with Gasteiger partial charge in [0.25, 0.3) is 6.43 Å². The summed E-state index contributed by atoms with van der Waals surface area (Å²) in [6, 6.07) is 6.97. The molecule has 5 rings (SSSR count). The quantitative estimate of drug-likeness (QED) is 0.290. The SMILES string of the molecule is C#C/C(=C(\C=C/C)CC(C)(C)Nc1nc(N2CCOCC2)nc(-n2c(C(F)F)nc3ccccc32)n1)N1CCN(C)CC1. The molecule has 1 aromatic carbocycles. The molecule has 4 heterocycles. The molecule has 0 saturated carbocycles. The minimum absolute atomic E-state index is 0.0739.